The number of rotatable bonds is 11. The van der Waals surface area contributed by atoms with E-state index in [-0.39, 0.29) is 11.1 Å². The molecule has 9 N–H and O–H groups in total. The molecule has 2 aliphatic rings. The number of H-pyrrole nitrogens is 1. The molecule has 0 saturated carbocycles. The van der Waals surface area contributed by atoms with Crippen LogP contribution in [0.4, 0.5) is 0 Å². The second-order valence-corrected chi connectivity index (χ2v) is 12.6. The molecule has 0 aromatic carbocycles. The molecule has 1 amide bonds. The molecule has 10 atom stereocenters. The van der Waals surface area contributed by atoms with Crippen molar-refractivity contribution < 1.29 is 71.5 Å². The Labute approximate surface area is 240 Å². The molecule has 2 aromatic rings. The fraction of sp³-hybridized carbons (Fsp3) is 0.524. The Morgan fingerprint density at radius 1 is 1.02 bits per heavy atom. The van der Waals surface area contributed by atoms with E-state index in [9.17, 15) is 53.7 Å². The molecule has 2 unspecified atom stereocenters. The molecular formula is C21H29N4O16P2+. The number of amides is 1. The summed E-state index contributed by atoms with van der Waals surface area (Å²) in [6.45, 7) is -0.547. The van der Waals surface area contributed by atoms with Crippen LogP contribution in [0.2, 0.25) is 0 Å². The van der Waals surface area contributed by atoms with E-state index in [4.69, 9.17) is 15.2 Å². The van der Waals surface area contributed by atoms with Gasteiger partial charge in [0.25, 0.3) is 17.7 Å². The number of aromatic nitrogens is 3. The molecule has 2 aromatic heterocycles. The summed E-state index contributed by atoms with van der Waals surface area (Å²) in [4.78, 5) is 57.0. The van der Waals surface area contributed by atoms with Gasteiger partial charge in [0.1, 0.15) is 36.1 Å². The lowest BCUT2D eigenvalue weighted by Crippen LogP contribution is -2.46. The zero-order chi connectivity index (χ0) is 31.9. The predicted octanol–water partition coefficient (Wildman–Crippen LogP) is -3.58. The third kappa shape index (κ3) is 7.52. The number of aryl methyl sites for hydroxylation is 1. The molecule has 2 aliphatic heterocycles. The van der Waals surface area contributed by atoms with Crippen molar-refractivity contribution in [1.82, 2.24) is 9.55 Å². The second kappa shape index (κ2) is 12.7. The highest BCUT2D eigenvalue weighted by atomic mass is 31.3. The zero-order valence-corrected chi connectivity index (χ0v) is 23.8. The smallest absolute Gasteiger partial charge is 0.387 e. The van der Waals surface area contributed by atoms with Crippen molar-refractivity contribution in [2.24, 2.45) is 5.73 Å². The normalized spacial score (nSPS) is 31.9. The lowest BCUT2D eigenvalue weighted by molar-refractivity contribution is -0.765. The zero-order valence-electron chi connectivity index (χ0n) is 22.1. The van der Waals surface area contributed by atoms with Gasteiger partial charge in [-0.3, -0.25) is 28.2 Å². The van der Waals surface area contributed by atoms with Crippen LogP contribution in [0.5, 0.6) is 0 Å². The molecule has 2 saturated heterocycles. The Morgan fingerprint density at radius 3 is 2.21 bits per heavy atom. The van der Waals surface area contributed by atoms with E-state index in [0.29, 0.717) is 0 Å². The first-order valence-corrected chi connectivity index (χ1v) is 15.3. The minimum absolute atomic E-state index is 0.0559. The van der Waals surface area contributed by atoms with E-state index in [2.05, 4.69) is 13.4 Å². The molecular weight excluding hydrogens is 626 g/mol. The number of hydrogen-bond acceptors (Lipinski definition) is 14. The fourth-order valence-electron chi connectivity index (χ4n) is 4.29. The maximum atomic E-state index is 12.3. The number of ether oxygens (including phenoxy) is 2. The standard InChI is InChI=1S/C21H28N4O16P2/c1-9-5-25(21(32)23-18(9)31)20-16(29)14(27)12(40-20)8-38-43(35,36)41-42(33,34)37-7-11-13(26)15(28)19(39-11)24-4-2-3-10(6-24)17(22)30/h2-6,11-16,19-20,26-29H,7-8H2,1H3,(H4-,22,23,30,31,32,33,34,35,36)/p+1/t11-,12+,13-,14+,15-,16+,19-,20+/m1/s1. The summed E-state index contributed by atoms with van der Waals surface area (Å²) in [5.74, 6) is -0.777. The number of pyridine rings is 1. The number of aromatic amines is 1. The van der Waals surface area contributed by atoms with Gasteiger partial charge in [0.05, 0.1) is 13.2 Å². The highest BCUT2D eigenvalue weighted by Gasteiger charge is 2.50. The van der Waals surface area contributed by atoms with Gasteiger partial charge in [-0.25, -0.2) is 13.9 Å². The Balaban J connectivity index is 1.33. The quantitative estimate of drug-likeness (QED) is 0.0857. The van der Waals surface area contributed by atoms with E-state index in [1.165, 1.54) is 36.0 Å². The van der Waals surface area contributed by atoms with Crippen molar-refractivity contribution in [3.63, 3.8) is 0 Å². The molecule has 0 spiro atoms. The molecule has 4 heterocycles. The molecule has 0 aliphatic carbocycles. The predicted molar refractivity (Wildman–Crippen MR) is 136 cm³/mol. The highest BCUT2D eigenvalue weighted by molar-refractivity contribution is 7.61. The van der Waals surface area contributed by atoms with Gasteiger partial charge in [-0.1, -0.05) is 0 Å². The van der Waals surface area contributed by atoms with Gasteiger partial charge in [0.2, 0.25) is 0 Å². The second-order valence-electron chi connectivity index (χ2n) is 9.59. The number of aliphatic hydroxyl groups is 4. The van der Waals surface area contributed by atoms with Crippen molar-refractivity contribution >= 4 is 21.6 Å². The minimum atomic E-state index is -5.42. The summed E-state index contributed by atoms with van der Waals surface area (Å²) in [6, 6.07) is 2.81. The maximum absolute atomic E-state index is 12.3. The number of hydrogen-bond donors (Lipinski definition) is 8. The van der Waals surface area contributed by atoms with Crippen LogP contribution in [-0.4, -0.2) is 95.5 Å². The summed E-state index contributed by atoms with van der Waals surface area (Å²) in [7, 11) is -10.8. The van der Waals surface area contributed by atoms with E-state index in [0.717, 1.165) is 10.8 Å². The number of carbonyl (C=O) groups is 1. The third-order valence-corrected chi connectivity index (χ3v) is 9.11. The molecule has 22 heteroatoms. The first-order valence-electron chi connectivity index (χ1n) is 12.3. The Hall–Kier alpha value is -2.68. The molecule has 43 heavy (non-hydrogen) atoms. The Morgan fingerprint density at radius 2 is 1.60 bits per heavy atom. The average molecular weight is 655 g/mol. The summed E-state index contributed by atoms with van der Waals surface area (Å²) < 4.78 is 51.0. The van der Waals surface area contributed by atoms with E-state index >= 15 is 0 Å². The van der Waals surface area contributed by atoms with Gasteiger partial charge >= 0.3 is 21.3 Å². The average Bonchev–Trinajstić information content (AvgIpc) is 3.37. The minimum Gasteiger partial charge on any atom is -0.387 e. The van der Waals surface area contributed by atoms with E-state index < -0.39 is 95.1 Å². The van der Waals surface area contributed by atoms with Crippen LogP contribution in [-0.2, 0) is 32.0 Å². The van der Waals surface area contributed by atoms with E-state index in [1.54, 1.807) is 0 Å². The number of nitrogens with one attached hydrogen (secondary N) is 1. The van der Waals surface area contributed by atoms with Crippen LogP contribution < -0.4 is 21.5 Å². The Kier molecular flexibility index (Phi) is 9.84. The molecule has 238 valence electrons. The van der Waals surface area contributed by atoms with Gasteiger partial charge in [-0.15, -0.1) is 0 Å². The number of phosphoric ester groups is 2. The monoisotopic (exact) mass is 655 g/mol. The number of nitrogens with zero attached hydrogens (tertiary/aromatic N) is 2. The van der Waals surface area contributed by atoms with Gasteiger partial charge in [0.15, 0.2) is 24.7 Å². The molecule has 0 radical (unpaired) electrons. The lowest BCUT2D eigenvalue weighted by Gasteiger charge is -2.20. The number of carbonyl (C=O) groups excluding carboxylic acids is 1. The fourth-order valence-corrected chi connectivity index (χ4v) is 6.39. The molecule has 0 bridgehead atoms. The number of phosphoric acid groups is 2. The van der Waals surface area contributed by atoms with Gasteiger partial charge < -0.3 is 45.4 Å². The van der Waals surface area contributed by atoms with Crippen molar-refractivity contribution in [2.75, 3.05) is 13.2 Å². The third-order valence-electron chi connectivity index (χ3n) is 6.51. The van der Waals surface area contributed by atoms with Crippen molar-refractivity contribution in [2.45, 2.75) is 56.0 Å². The van der Waals surface area contributed by atoms with Crippen molar-refractivity contribution in [3.8, 4) is 0 Å². The summed E-state index contributed by atoms with van der Waals surface area (Å²) in [6.07, 6.45) is -8.92. The van der Waals surface area contributed by atoms with Crippen LogP contribution in [0.15, 0.2) is 40.3 Å². The van der Waals surface area contributed by atoms with Crippen molar-refractivity contribution in [3.05, 3.63) is 62.7 Å². The Bertz CT molecular complexity index is 1570. The summed E-state index contributed by atoms with van der Waals surface area (Å²) in [5.41, 5.74) is 3.69. The SMILES string of the molecule is Cc1cn([C@H]2O[C@@H](COP(=O)(O)OP(=O)(O)OC[C@H]3O[C@@H]([n+]4cccc(C(N)=O)c4)[C@H](O)[C@@H]3O)[C@H](O)[C@@H]2O)c(=O)[nH]c1=O. The molecule has 20 nitrogen and oxygen atoms in total. The number of primary amides is 1. The van der Waals surface area contributed by atoms with Crippen LogP contribution in [0.3, 0.4) is 0 Å². The topological polar surface area (TPSA) is 304 Å². The van der Waals surface area contributed by atoms with Crippen LogP contribution in [0, 0.1) is 6.92 Å². The highest BCUT2D eigenvalue weighted by Crippen LogP contribution is 2.60. The van der Waals surface area contributed by atoms with Crippen LogP contribution >= 0.6 is 15.6 Å². The van der Waals surface area contributed by atoms with Crippen LogP contribution in [0.25, 0.3) is 0 Å². The van der Waals surface area contributed by atoms with Gasteiger partial charge in [-0.2, -0.15) is 8.88 Å². The first-order chi connectivity index (χ1) is 20.0. The molecule has 2 fully saturated rings. The summed E-state index contributed by atoms with van der Waals surface area (Å²) in [5, 5.41) is 41.2. The first kappa shape index (κ1) is 33.2. The van der Waals surface area contributed by atoms with Crippen molar-refractivity contribution in [1.29, 1.82) is 0 Å². The molecule has 4 rings (SSSR count). The summed E-state index contributed by atoms with van der Waals surface area (Å²) >= 11 is 0. The number of nitrogens with two attached hydrogens (primary N) is 1. The van der Waals surface area contributed by atoms with E-state index in [1.807, 2.05) is 4.98 Å². The lowest BCUT2D eigenvalue weighted by atomic mass is 10.1. The van der Waals surface area contributed by atoms with Gasteiger partial charge in [-0.05, 0) is 13.0 Å². The maximum Gasteiger partial charge on any atom is 0.481 e. The van der Waals surface area contributed by atoms with Crippen LogP contribution in [0.1, 0.15) is 28.4 Å². The number of aliphatic hydroxyl groups excluding tert-OH is 4. The van der Waals surface area contributed by atoms with Gasteiger partial charge in [0, 0.05) is 17.8 Å². The largest absolute Gasteiger partial charge is 0.481 e.